The van der Waals surface area contributed by atoms with Gasteiger partial charge in [0.2, 0.25) is 0 Å². The van der Waals surface area contributed by atoms with Gasteiger partial charge in [-0.3, -0.25) is 0 Å². The molecule has 19 heavy (non-hydrogen) atoms. The fourth-order valence-electron chi connectivity index (χ4n) is 1.17. The molecule has 1 rings (SSSR count). The number of ether oxygens (including phenoxy) is 2. The van der Waals surface area contributed by atoms with Gasteiger partial charge in [0, 0.05) is 0 Å². The summed E-state index contributed by atoms with van der Waals surface area (Å²) in [6, 6.07) is 0. The van der Waals surface area contributed by atoms with Gasteiger partial charge in [-0.2, -0.15) is 0 Å². The third kappa shape index (κ3) is 6.50. The van der Waals surface area contributed by atoms with Crippen molar-refractivity contribution in [1.82, 2.24) is 5.32 Å². The van der Waals surface area contributed by atoms with Crippen molar-refractivity contribution in [2.24, 2.45) is 4.99 Å². The SMILES string of the molecule is CCC(C)(C)OC1=CC=N[C-](OC(C)(C)CC)N1.[Ti+2]. The fraction of sp³-hybridized carbons (Fsp3) is 0.714. The summed E-state index contributed by atoms with van der Waals surface area (Å²) in [5, 5.41) is 3.07. The van der Waals surface area contributed by atoms with Crippen LogP contribution in [0.5, 0.6) is 0 Å². The zero-order valence-corrected chi connectivity index (χ0v) is 14.4. The molecule has 0 aromatic carbocycles. The number of nitrogens with one attached hydrogen (secondary N) is 1. The van der Waals surface area contributed by atoms with Crippen molar-refractivity contribution >= 4 is 6.21 Å². The molecule has 0 unspecified atom stereocenters. The molecule has 5 heteroatoms. The van der Waals surface area contributed by atoms with E-state index < -0.39 is 0 Å². The molecule has 0 spiro atoms. The van der Waals surface area contributed by atoms with Crippen LogP contribution in [0.4, 0.5) is 0 Å². The molecule has 1 aliphatic rings. The van der Waals surface area contributed by atoms with Crippen LogP contribution in [0, 0.1) is 6.35 Å². The summed E-state index contributed by atoms with van der Waals surface area (Å²) in [7, 11) is 0. The van der Waals surface area contributed by atoms with Crippen molar-refractivity contribution in [3.8, 4) is 0 Å². The van der Waals surface area contributed by atoms with E-state index in [4.69, 9.17) is 9.47 Å². The topological polar surface area (TPSA) is 42.9 Å². The van der Waals surface area contributed by atoms with Gasteiger partial charge in [0.25, 0.3) is 0 Å². The summed E-state index contributed by atoms with van der Waals surface area (Å²) in [6.07, 6.45) is 5.83. The molecule has 1 N–H and O–H groups in total. The van der Waals surface area contributed by atoms with Crippen molar-refractivity contribution in [2.75, 3.05) is 0 Å². The maximum Gasteiger partial charge on any atom is 2.00 e. The van der Waals surface area contributed by atoms with Crippen LogP contribution < -0.4 is 5.32 Å². The average Bonchev–Trinajstić information content (AvgIpc) is 2.28. The van der Waals surface area contributed by atoms with Crippen LogP contribution in [0.15, 0.2) is 17.0 Å². The zero-order chi connectivity index (χ0) is 13.8. The Morgan fingerprint density at radius 3 is 2.26 bits per heavy atom. The average molecular weight is 301 g/mol. The van der Waals surface area contributed by atoms with Crippen LogP contribution in [-0.4, -0.2) is 17.4 Å². The smallest absolute Gasteiger partial charge is 0.476 e. The first-order valence-electron chi connectivity index (χ1n) is 6.54. The largest absolute Gasteiger partial charge is 2.00 e. The number of hydrogen-bond acceptors (Lipinski definition) is 4. The van der Waals surface area contributed by atoms with Gasteiger partial charge in [0.05, 0.1) is 12.0 Å². The second kappa shape index (κ2) is 7.37. The molecular weight excluding hydrogens is 276 g/mol. The molecule has 0 saturated carbocycles. The molecule has 0 aromatic heterocycles. The Morgan fingerprint density at radius 1 is 1.16 bits per heavy atom. The van der Waals surface area contributed by atoms with Crippen molar-refractivity contribution < 1.29 is 31.2 Å². The van der Waals surface area contributed by atoms with E-state index in [-0.39, 0.29) is 32.9 Å². The minimum atomic E-state index is -0.234. The van der Waals surface area contributed by atoms with E-state index in [0.29, 0.717) is 12.2 Å². The third-order valence-electron chi connectivity index (χ3n) is 3.11. The maximum atomic E-state index is 5.86. The van der Waals surface area contributed by atoms with Crippen LogP contribution in [0.2, 0.25) is 0 Å². The normalized spacial score (nSPS) is 15.5. The Balaban J connectivity index is 0.00000324. The quantitative estimate of drug-likeness (QED) is 0.604. The van der Waals surface area contributed by atoms with Crippen LogP contribution in [0.3, 0.4) is 0 Å². The van der Waals surface area contributed by atoms with Crippen molar-refractivity contribution in [2.45, 2.75) is 65.6 Å². The van der Waals surface area contributed by atoms with Gasteiger partial charge in [0.15, 0.2) is 5.88 Å². The van der Waals surface area contributed by atoms with Crippen LogP contribution in [0.1, 0.15) is 54.4 Å². The van der Waals surface area contributed by atoms with Gasteiger partial charge >= 0.3 is 21.7 Å². The predicted octanol–water partition coefficient (Wildman–Crippen LogP) is 3.36. The van der Waals surface area contributed by atoms with Crippen molar-refractivity contribution in [1.29, 1.82) is 0 Å². The van der Waals surface area contributed by atoms with Gasteiger partial charge < -0.3 is 19.8 Å². The number of nitrogens with zero attached hydrogens (tertiary/aromatic N) is 1. The molecule has 0 saturated heterocycles. The van der Waals surface area contributed by atoms with Crippen molar-refractivity contribution in [3.63, 3.8) is 0 Å². The standard InChI is InChI=1S/C14H25N2O2.Ti/c1-7-13(3,4)17-11-9-10-15-12(16-11)18-14(5,6)8-2;/h9-10,16H,7-8H2,1-6H3;/q-1;+2. The van der Waals surface area contributed by atoms with E-state index in [1.807, 2.05) is 19.9 Å². The van der Waals surface area contributed by atoms with Crippen LogP contribution in [0.25, 0.3) is 0 Å². The molecule has 0 aromatic rings. The van der Waals surface area contributed by atoms with E-state index in [0.717, 1.165) is 12.8 Å². The summed E-state index contributed by atoms with van der Waals surface area (Å²) >= 11 is 0. The minimum absolute atomic E-state index is 0. The second-order valence-corrected chi connectivity index (χ2v) is 5.67. The van der Waals surface area contributed by atoms with Gasteiger partial charge in [-0.15, -0.1) is 6.21 Å². The summed E-state index contributed by atoms with van der Waals surface area (Å²) in [5.41, 5.74) is -0.433. The third-order valence-corrected chi connectivity index (χ3v) is 3.11. The van der Waals surface area contributed by atoms with Gasteiger partial charge in [-0.05, 0) is 40.5 Å². The first-order valence-corrected chi connectivity index (χ1v) is 6.54. The Bertz CT molecular complexity index is 338. The van der Waals surface area contributed by atoms with E-state index in [9.17, 15) is 0 Å². The minimum Gasteiger partial charge on any atom is -0.476 e. The number of rotatable bonds is 6. The Hall–Kier alpha value is -0.446. The van der Waals surface area contributed by atoms with Crippen LogP contribution >= 0.6 is 0 Å². The van der Waals surface area contributed by atoms with Crippen LogP contribution in [-0.2, 0) is 31.2 Å². The van der Waals surface area contributed by atoms with Gasteiger partial charge in [-0.25, -0.2) is 0 Å². The van der Waals surface area contributed by atoms with Crippen molar-refractivity contribution in [3.05, 3.63) is 18.3 Å². The molecular formula is C14H25N2O2Ti+. The first-order chi connectivity index (χ1) is 8.28. The Labute approximate surface area is 131 Å². The van der Waals surface area contributed by atoms with E-state index in [2.05, 4.69) is 38.0 Å². The maximum absolute atomic E-state index is 5.86. The molecule has 1 heterocycles. The van der Waals surface area contributed by atoms with E-state index in [1.54, 1.807) is 6.21 Å². The molecule has 106 valence electrons. The second-order valence-electron chi connectivity index (χ2n) is 5.67. The fourth-order valence-corrected chi connectivity index (χ4v) is 1.17. The molecule has 0 bridgehead atoms. The van der Waals surface area contributed by atoms with E-state index >= 15 is 0 Å². The summed E-state index contributed by atoms with van der Waals surface area (Å²) in [6.45, 7) is 12.4. The number of allylic oxidation sites excluding steroid dienone is 1. The molecule has 1 aliphatic heterocycles. The molecule has 4 nitrogen and oxygen atoms in total. The van der Waals surface area contributed by atoms with Gasteiger partial charge in [0.1, 0.15) is 5.60 Å². The monoisotopic (exact) mass is 301 g/mol. The molecule has 0 aliphatic carbocycles. The number of aliphatic imine (C=N–C) groups is 1. The summed E-state index contributed by atoms with van der Waals surface area (Å²) in [5.74, 6) is 0.679. The molecule has 0 atom stereocenters. The summed E-state index contributed by atoms with van der Waals surface area (Å²) < 4.78 is 11.7. The molecule has 0 radical (unpaired) electrons. The Morgan fingerprint density at radius 2 is 1.74 bits per heavy atom. The molecule has 0 fully saturated rings. The van der Waals surface area contributed by atoms with E-state index in [1.165, 1.54) is 0 Å². The Kier molecular flexibility index (Phi) is 7.19. The molecule has 0 amide bonds. The predicted molar refractivity (Wildman–Crippen MR) is 73.9 cm³/mol. The zero-order valence-electron chi connectivity index (χ0n) is 12.8. The first kappa shape index (κ1) is 18.6. The number of hydrogen-bond donors (Lipinski definition) is 1. The van der Waals surface area contributed by atoms with Gasteiger partial charge in [-0.1, -0.05) is 19.9 Å². The summed E-state index contributed by atoms with van der Waals surface area (Å²) in [4.78, 5) is 4.17.